The Labute approximate surface area is 173 Å². The van der Waals surface area contributed by atoms with Gasteiger partial charge >= 0.3 is 0 Å². The smallest absolute Gasteiger partial charge is 0.187 e. The molecule has 11 nitrogen and oxygen atoms in total. The van der Waals surface area contributed by atoms with Crippen molar-refractivity contribution in [3.05, 3.63) is 35.9 Å². The summed E-state index contributed by atoms with van der Waals surface area (Å²) >= 11 is 0. The van der Waals surface area contributed by atoms with Gasteiger partial charge in [-0.15, -0.1) is 0 Å². The fourth-order valence-electron chi connectivity index (χ4n) is 3.64. The first-order valence-electron chi connectivity index (χ1n) is 9.73. The van der Waals surface area contributed by atoms with Crippen molar-refractivity contribution in [1.82, 2.24) is 5.32 Å². The molecule has 0 saturated carbocycles. The minimum atomic E-state index is -1.68. The fraction of sp³-hybridized carbons (Fsp3) is 0.684. The predicted molar refractivity (Wildman–Crippen MR) is 99.7 cm³/mol. The van der Waals surface area contributed by atoms with Gasteiger partial charge in [0.15, 0.2) is 12.6 Å². The Kier molecular flexibility index (Phi) is 8.12. The molecule has 2 aliphatic rings. The van der Waals surface area contributed by atoms with E-state index in [-0.39, 0.29) is 0 Å². The molecule has 170 valence electrons. The maximum atomic E-state index is 10.8. The van der Waals surface area contributed by atoms with Crippen LogP contribution in [0, 0.1) is 0 Å². The van der Waals surface area contributed by atoms with Crippen molar-refractivity contribution in [3.8, 4) is 0 Å². The lowest BCUT2D eigenvalue weighted by Crippen LogP contribution is -2.66. The van der Waals surface area contributed by atoms with Gasteiger partial charge < -0.3 is 55.3 Å². The molecule has 2 aliphatic heterocycles. The van der Waals surface area contributed by atoms with E-state index in [1.165, 1.54) is 0 Å². The summed E-state index contributed by atoms with van der Waals surface area (Å²) in [6.45, 7) is -0.945. The summed E-state index contributed by atoms with van der Waals surface area (Å²) in [5.41, 5.74) is 0.896. The van der Waals surface area contributed by atoms with Crippen molar-refractivity contribution in [2.75, 3.05) is 13.2 Å². The third-order valence-corrected chi connectivity index (χ3v) is 5.40. The zero-order valence-electron chi connectivity index (χ0n) is 16.1. The number of ether oxygens (including phenoxy) is 3. The van der Waals surface area contributed by atoms with Gasteiger partial charge in [-0.25, -0.2) is 0 Å². The molecule has 0 bridgehead atoms. The molecule has 10 atom stereocenters. The molecule has 2 saturated heterocycles. The Morgan fingerprint density at radius 1 is 0.800 bits per heavy atom. The molecule has 30 heavy (non-hydrogen) atoms. The number of rotatable bonds is 7. The van der Waals surface area contributed by atoms with Crippen LogP contribution in [-0.4, -0.2) is 110 Å². The standard InChI is InChI=1S/C19H29NO10/c21-7-10-13(23)15(25)16(26)19(29-10)30-17-11(8-22)28-18(27)12(14(17)24)20-6-9-4-2-1-3-5-9/h1-5,10-27H,6-8H2/t10?,11?,12?,13-,14+,15-,16?,17+,18+,19-/m0/s1. The summed E-state index contributed by atoms with van der Waals surface area (Å²) in [7, 11) is 0. The number of benzene rings is 1. The predicted octanol–water partition coefficient (Wildman–Crippen LogP) is -3.60. The number of hydrogen-bond donors (Lipinski definition) is 8. The van der Waals surface area contributed by atoms with Crippen LogP contribution in [0.2, 0.25) is 0 Å². The molecule has 8 N–H and O–H groups in total. The maximum Gasteiger partial charge on any atom is 0.187 e. The molecule has 1 aromatic carbocycles. The lowest BCUT2D eigenvalue weighted by molar-refractivity contribution is -0.345. The molecule has 0 amide bonds. The Morgan fingerprint density at radius 3 is 2.10 bits per heavy atom. The molecule has 2 heterocycles. The largest absolute Gasteiger partial charge is 0.394 e. The summed E-state index contributed by atoms with van der Waals surface area (Å²) < 4.78 is 16.3. The highest BCUT2D eigenvalue weighted by atomic mass is 16.7. The third kappa shape index (κ3) is 4.98. The van der Waals surface area contributed by atoms with Crippen LogP contribution in [0.1, 0.15) is 5.56 Å². The van der Waals surface area contributed by atoms with E-state index in [0.29, 0.717) is 6.54 Å². The molecule has 11 heteroatoms. The molecule has 0 aromatic heterocycles. The molecular weight excluding hydrogens is 402 g/mol. The van der Waals surface area contributed by atoms with Crippen molar-refractivity contribution >= 4 is 0 Å². The van der Waals surface area contributed by atoms with Gasteiger partial charge in [0.25, 0.3) is 0 Å². The molecule has 0 spiro atoms. The molecule has 3 rings (SSSR count). The first-order chi connectivity index (χ1) is 14.4. The molecule has 2 fully saturated rings. The number of nitrogens with one attached hydrogen (secondary N) is 1. The topological polar surface area (TPSA) is 181 Å². The van der Waals surface area contributed by atoms with Crippen LogP contribution in [0.15, 0.2) is 30.3 Å². The molecule has 0 aliphatic carbocycles. The van der Waals surface area contributed by atoms with Crippen molar-refractivity contribution in [2.45, 2.75) is 67.9 Å². The second kappa shape index (κ2) is 10.4. The highest BCUT2D eigenvalue weighted by Crippen LogP contribution is 2.28. The highest BCUT2D eigenvalue weighted by Gasteiger charge is 2.50. The number of hydrogen-bond acceptors (Lipinski definition) is 11. The van der Waals surface area contributed by atoms with Gasteiger partial charge in [0, 0.05) is 6.54 Å². The van der Waals surface area contributed by atoms with Gasteiger partial charge in [0.2, 0.25) is 0 Å². The molecular formula is C19H29NO10. The average molecular weight is 431 g/mol. The molecule has 1 aromatic rings. The van der Waals surface area contributed by atoms with Crippen LogP contribution in [0.5, 0.6) is 0 Å². The number of aliphatic hydroxyl groups is 7. The third-order valence-electron chi connectivity index (χ3n) is 5.40. The summed E-state index contributed by atoms with van der Waals surface area (Å²) in [4.78, 5) is 0. The highest BCUT2D eigenvalue weighted by molar-refractivity contribution is 5.14. The minimum Gasteiger partial charge on any atom is -0.394 e. The van der Waals surface area contributed by atoms with Crippen LogP contribution in [0.25, 0.3) is 0 Å². The second-order valence-electron chi connectivity index (χ2n) is 7.43. The van der Waals surface area contributed by atoms with E-state index >= 15 is 0 Å². The van der Waals surface area contributed by atoms with E-state index in [2.05, 4.69) is 5.32 Å². The monoisotopic (exact) mass is 431 g/mol. The van der Waals surface area contributed by atoms with E-state index in [0.717, 1.165) is 5.56 Å². The molecule has 0 radical (unpaired) electrons. The van der Waals surface area contributed by atoms with Crippen molar-refractivity contribution < 1.29 is 50.0 Å². The summed E-state index contributed by atoms with van der Waals surface area (Å²) in [5, 5.41) is 72.9. The Morgan fingerprint density at radius 2 is 1.47 bits per heavy atom. The Hall–Kier alpha value is -1.22. The van der Waals surface area contributed by atoms with E-state index in [9.17, 15) is 35.7 Å². The van der Waals surface area contributed by atoms with Crippen molar-refractivity contribution in [2.24, 2.45) is 0 Å². The Balaban J connectivity index is 1.71. The van der Waals surface area contributed by atoms with E-state index in [1.807, 2.05) is 30.3 Å². The van der Waals surface area contributed by atoms with Crippen LogP contribution >= 0.6 is 0 Å². The van der Waals surface area contributed by atoms with Crippen LogP contribution in [-0.2, 0) is 20.8 Å². The lowest BCUT2D eigenvalue weighted by Gasteiger charge is -2.46. The SMILES string of the molecule is OCC1O[C@@H](O)C(NCc2ccccc2)[C@@H](O)[C@@H]1O[C@@H]1OC(CO)[C@H](O)[C@H](O)C1O. The van der Waals surface area contributed by atoms with Gasteiger partial charge in [0.1, 0.15) is 42.7 Å². The number of aliphatic hydroxyl groups excluding tert-OH is 7. The van der Waals surface area contributed by atoms with Gasteiger partial charge in [-0.2, -0.15) is 0 Å². The van der Waals surface area contributed by atoms with Crippen LogP contribution < -0.4 is 5.32 Å². The van der Waals surface area contributed by atoms with E-state index < -0.39 is 74.6 Å². The van der Waals surface area contributed by atoms with Crippen molar-refractivity contribution in [1.29, 1.82) is 0 Å². The lowest BCUT2D eigenvalue weighted by atomic mass is 9.95. The normalized spacial score (nSPS) is 42.2. The zero-order valence-corrected chi connectivity index (χ0v) is 16.1. The fourth-order valence-corrected chi connectivity index (χ4v) is 3.64. The quantitative estimate of drug-likeness (QED) is 0.214. The minimum absolute atomic E-state index is 0.305. The summed E-state index contributed by atoms with van der Waals surface area (Å²) in [6, 6.07) is 8.25. The van der Waals surface area contributed by atoms with E-state index in [1.54, 1.807) is 0 Å². The maximum absolute atomic E-state index is 10.8. The van der Waals surface area contributed by atoms with Gasteiger partial charge in [0.05, 0.1) is 19.3 Å². The first kappa shape index (κ1) is 23.4. The Bertz CT molecular complexity index is 649. The summed E-state index contributed by atoms with van der Waals surface area (Å²) in [6.07, 6.45) is -12.9. The van der Waals surface area contributed by atoms with E-state index in [4.69, 9.17) is 14.2 Å². The molecule has 4 unspecified atom stereocenters. The van der Waals surface area contributed by atoms with Crippen LogP contribution in [0.3, 0.4) is 0 Å². The first-order valence-corrected chi connectivity index (χ1v) is 9.73. The second-order valence-corrected chi connectivity index (χ2v) is 7.43. The zero-order chi connectivity index (χ0) is 21.8. The van der Waals surface area contributed by atoms with Gasteiger partial charge in [-0.05, 0) is 5.56 Å². The average Bonchev–Trinajstić information content (AvgIpc) is 2.76. The van der Waals surface area contributed by atoms with Gasteiger partial charge in [-0.3, -0.25) is 0 Å². The van der Waals surface area contributed by atoms with Crippen molar-refractivity contribution in [3.63, 3.8) is 0 Å². The summed E-state index contributed by atoms with van der Waals surface area (Å²) in [5.74, 6) is 0. The van der Waals surface area contributed by atoms with Crippen LogP contribution in [0.4, 0.5) is 0 Å². The van der Waals surface area contributed by atoms with Gasteiger partial charge in [-0.1, -0.05) is 30.3 Å².